The second-order valence-corrected chi connectivity index (χ2v) is 6.37. The zero-order chi connectivity index (χ0) is 15.5. The van der Waals surface area contributed by atoms with Gasteiger partial charge in [0.2, 0.25) is 0 Å². The fraction of sp³-hybridized carbons (Fsp3) is 0.438. The number of alkyl halides is 1. The molecule has 21 heavy (non-hydrogen) atoms. The van der Waals surface area contributed by atoms with Crippen molar-refractivity contribution >= 4 is 27.5 Å². The molecule has 0 saturated carbocycles. The van der Waals surface area contributed by atoms with Gasteiger partial charge in [-0.1, -0.05) is 37.3 Å². The van der Waals surface area contributed by atoms with Gasteiger partial charge in [-0.05, 0) is 34.3 Å². The van der Waals surface area contributed by atoms with Crippen LogP contribution in [-0.4, -0.2) is 20.8 Å². The monoisotopic (exact) mass is 370 g/mol. The Morgan fingerprint density at radius 2 is 2.00 bits per heavy atom. The van der Waals surface area contributed by atoms with E-state index in [1.54, 1.807) is 0 Å². The van der Waals surface area contributed by atoms with Gasteiger partial charge in [-0.15, -0.1) is 11.6 Å². The summed E-state index contributed by atoms with van der Waals surface area (Å²) in [4.78, 5) is 0. The van der Waals surface area contributed by atoms with E-state index in [-0.39, 0.29) is 0 Å². The Hall–Kier alpha value is -0.840. The molecule has 1 heterocycles. The topological polar surface area (TPSA) is 38.0 Å². The molecule has 1 atom stereocenters. The molecule has 1 aromatic carbocycles. The van der Waals surface area contributed by atoms with Crippen molar-refractivity contribution in [2.75, 3.05) is 5.88 Å². The van der Waals surface area contributed by atoms with E-state index in [2.05, 4.69) is 28.0 Å². The minimum Gasteiger partial charge on any atom is -0.385 e. The summed E-state index contributed by atoms with van der Waals surface area (Å²) < 4.78 is 2.82. The standard InChI is InChI=1S/C16H20BrClN2O/c1-3-13-15(17)14(20(2)19-13)11-16(21,9-10-18)12-7-5-4-6-8-12/h4-8,21H,3,9-11H2,1-2H3. The second kappa shape index (κ2) is 6.95. The first-order valence-electron chi connectivity index (χ1n) is 7.06. The molecule has 0 aliphatic heterocycles. The quantitative estimate of drug-likeness (QED) is 0.784. The van der Waals surface area contributed by atoms with E-state index < -0.39 is 5.60 Å². The Balaban J connectivity index is 2.39. The first kappa shape index (κ1) is 16.5. The average molecular weight is 372 g/mol. The second-order valence-electron chi connectivity index (χ2n) is 5.20. The lowest BCUT2D eigenvalue weighted by molar-refractivity contribution is 0.0316. The summed E-state index contributed by atoms with van der Waals surface area (Å²) in [7, 11) is 1.91. The molecular formula is C16H20BrClN2O. The fourth-order valence-electron chi connectivity index (χ4n) is 2.53. The van der Waals surface area contributed by atoms with E-state index in [0.717, 1.165) is 27.8 Å². The number of aromatic nitrogens is 2. The molecule has 2 rings (SSSR count). The van der Waals surface area contributed by atoms with Gasteiger partial charge < -0.3 is 5.11 Å². The van der Waals surface area contributed by atoms with Crippen LogP contribution in [0.3, 0.4) is 0 Å². The van der Waals surface area contributed by atoms with Crippen molar-refractivity contribution in [3.63, 3.8) is 0 Å². The Morgan fingerprint density at radius 3 is 2.52 bits per heavy atom. The van der Waals surface area contributed by atoms with Crippen molar-refractivity contribution in [1.82, 2.24) is 9.78 Å². The van der Waals surface area contributed by atoms with Gasteiger partial charge in [0.1, 0.15) is 0 Å². The van der Waals surface area contributed by atoms with Crippen LogP contribution in [0.25, 0.3) is 0 Å². The molecule has 1 unspecified atom stereocenters. The lowest BCUT2D eigenvalue weighted by Crippen LogP contribution is -2.30. The molecule has 0 bridgehead atoms. The average Bonchev–Trinajstić information content (AvgIpc) is 2.76. The summed E-state index contributed by atoms with van der Waals surface area (Å²) in [5, 5.41) is 15.6. The molecule has 0 spiro atoms. The van der Waals surface area contributed by atoms with E-state index in [1.165, 1.54) is 0 Å². The Morgan fingerprint density at radius 1 is 1.33 bits per heavy atom. The van der Waals surface area contributed by atoms with Gasteiger partial charge in [0.25, 0.3) is 0 Å². The van der Waals surface area contributed by atoms with Gasteiger partial charge in [0, 0.05) is 19.3 Å². The Bertz CT molecular complexity index is 600. The lowest BCUT2D eigenvalue weighted by atomic mass is 9.86. The van der Waals surface area contributed by atoms with Crippen molar-refractivity contribution in [1.29, 1.82) is 0 Å². The third-order valence-electron chi connectivity index (χ3n) is 3.78. The summed E-state index contributed by atoms with van der Waals surface area (Å²) in [6, 6.07) is 9.70. The maximum atomic E-state index is 11.1. The maximum absolute atomic E-state index is 11.1. The van der Waals surface area contributed by atoms with Crippen LogP contribution < -0.4 is 0 Å². The van der Waals surface area contributed by atoms with Gasteiger partial charge >= 0.3 is 0 Å². The minimum atomic E-state index is -0.982. The molecule has 1 N–H and O–H groups in total. The van der Waals surface area contributed by atoms with Crippen molar-refractivity contribution in [3.05, 3.63) is 51.8 Å². The summed E-state index contributed by atoms with van der Waals surface area (Å²) in [6.07, 6.45) is 1.83. The summed E-state index contributed by atoms with van der Waals surface area (Å²) in [6.45, 7) is 2.07. The fourth-order valence-corrected chi connectivity index (χ4v) is 3.60. The zero-order valence-electron chi connectivity index (χ0n) is 12.3. The highest BCUT2D eigenvalue weighted by Gasteiger charge is 2.31. The third-order valence-corrected chi connectivity index (χ3v) is 4.89. The first-order valence-corrected chi connectivity index (χ1v) is 8.38. The van der Waals surface area contributed by atoms with Gasteiger partial charge in [-0.3, -0.25) is 4.68 Å². The third kappa shape index (κ3) is 3.50. The van der Waals surface area contributed by atoms with Crippen LogP contribution in [0.2, 0.25) is 0 Å². The smallest absolute Gasteiger partial charge is 0.0963 e. The van der Waals surface area contributed by atoms with E-state index in [1.807, 2.05) is 42.1 Å². The van der Waals surface area contributed by atoms with Crippen molar-refractivity contribution < 1.29 is 5.11 Å². The molecule has 0 aliphatic carbocycles. The molecule has 0 fully saturated rings. The van der Waals surface area contributed by atoms with Crippen LogP contribution in [-0.2, 0) is 25.5 Å². The molecule has 0 radical (unpaired) electrons. The molecule has 1 aromatic heterocycles. The summed E-state index contributed by atoms with van der Waals surface area (Å²) in [5.74, 6) is 0.404. The Kier molecular flexibility index (Phi) is 5.47. The molecule has 3 nitrogen and oxygen atoms in total. The van der Waals surface area contributed by atoms with Crippen LogP contribution in [0.1, 0.15) is 30.3 Å². The highest BCUT2D eigenvalue weighted by atomic mass is 79.9. The highest BCUT2D eigenvalue weighted by Crippen LogP contribution is 2.33. The number of halogens is 2. The van der Waals surface area contributed by atoms with Crippen LogP contribution in [0, 0.1) is 0 Å². The molecule has 2 aromatic rings. The van der Waals surface area contributed by atoms with Crippen molar-refractivity contribution in [3.8, 4) is 0 Å². The summed E-state index contributed by atoms with van der Waals surface area (Å²) >= 11 is 9.53. The predicted molar refractivity (Wildman–Crippen MR) is 89.7 cm³/mol. The molecule has 114 valence electrons. The van der Waals surface area contributed by atoms with E-state index in [0.29, 0.717) is 18.7 Å². The molecule has 0 saturated heterocycles. The Labute approximate surface area is 139 Å². The number of nitrogens with zero attached hydrogens (tertiary/aromatic N) is 2. The van der Waals surface area contributed by atoms with E-state index in [9.17, 15) is 5.11 Å². The largest absolute Gasteiger partial charge is 0.385 e. The number of aryl methyl sites for hydroxylation is 2. The summed E-state index contributed by atoms with van der Waals surface area (Å²) in [5.41, 5.74) is 1.90. The van der Waals surface area contributed by atoms with E-state index >= 15 is 0 Å². The van der Waals surface area contributed by atoms with Crippen LogP contribution in [0.15, 0.2) is 34.8 Å². The first-order chi connectivity index (χ1) is 10.0. The zero-order valence-corrected chi connectivity index (χ0v) is 14.7. The van der Waals surface area contributed by atoms with Gasteiger partial charge in [0.05, 0.1) is 21.5 Å². The van der Waals surface area contributed by atoms with Crippen LogP contribution >= 0.6 is 27.5 Å². The normalized spacial score (nSPS) is 14.1. The lowest BCUT2D eigenvalue weighted by Gasteiger charge is -2.28. The predicted octanol–water partition coefficient (Wildman–Crippen LogP) is 3.80. The van der Waals surface area contributed by atoms with Gasteiger partial charge in [0.15, 0.2) is 0 Å². The van der Waals surface area contributed by atoms with Gasteiger partial charge in [-0.2, -0.15) is 5.10 Å². The number of rotatable bonds is 6. The van der Waals surface area contributed by atoms with Crippen LogP contribution in [0.5, 0.6) is 0 Å². The maximum Gasteiger partial charge on any atom is 0.0963 e. The highest BCUT2D eigenvalue weighted by molar-refractivity contribution is 9.10. The van der Waals surface area contributed by atoms with Crippen LogP contribution in [0.4, 0.5) is 0 Å². The number of hydrogen-bond acceptors (Lipinski definition) is 2. The molecule has 0 amide bonds. The number of aliphatic hydroxyl groups is 1. The van der Waals surface area contributed by atoms with E-state index in [4.69, 9.17) is 11.6 Å². The van der Waals surface area contributed by atoms with Crippen molar-refractivity contribution in [2.45, 2.75) is 31.8 Å². The minimum absolute atomic E-state index is 0.404. The number of hydrogen-bond donors (Lipinski definition) is 1. The molecule has 0 aliphatic rings. The number of benzene rings is 1. The van der Waals surface area contributed by atoms with Gasteiger partial charge in [-0.25, -0.2) is 0 Å². The van der Waals surface area contributed by atoms with Crippen molar-refractivity contribution in [2.24, 2.45) is 7.05 Å². The molecule has 5 heteroatoms. The SMILES string of the molecule is CCc1nn(C)c(CC(O)(CCCl)c2ccccc2)c1Br. The molecular weight excluding hydrogens is 352 g/mol.